The Morgan fingerprint density at radius 1 is 1.78 bits per heavy atom. The summed E-state index contributed by atoms with van der Waals surface area (Å²) in [6.07, 6.45) is 5.14. The van der Waals surface area contributed by atoms with Crippen molar-refractivity contribution < 1.29 is 4.74 Å². The van der Waals surface area contributed by atoms with Crippen LogP contribution in [0.5, 0.6) is 0 Å². The van der Waals surface area contributed by atoms with E-state index in [2.05, 4.69) is 19.9 Å². The zero-order valence-corrected chi connectivity index (χ0v) is 5.98. The summed E-state index contributed by atoms with van der Waals surface area (Å²) in [5.41, 5.74) is 1.74. The molecule has 1 heterocycles. The van der Waals surface area contributed by atoms with Crippen LogP contribution in [-0.2, 0) is 4.74 Å². The van der Waals surface area contributed by atoms with E-state index < -0.39 is 0 Å². The molecule has 0 saturated carbocycles. The highest BCUT2D eigenvalue weighted by Crippen LogP contribution is 2.46. The van der Waals surface area contributed by atoms with Crippen LogP contribution in [0.4, 0.5) is 0 Å². The van der Waals surface area contributed by atoms with Crippen LogP contribution in [0.3, 0.4) is 0 Å². The highest BCUT2D eigenvalue weighted by Gasteiger charge is 2.52. The number of fused-ring (bicyclic) bond motifs is 1. The van der Waals surface area contributed by atoms with Gasteiger partial charge in [-0.25, -0.2) is 0 Å². The van der Waals surface area contributed by atoms with E-state index in [1.54, 1.807) is 0 Å². The Hall–Kier alpha value is -0.300. The van der Waals surface area contributed by atoms with Crippen molar-refractivity contribution in [2.75, 3.05) is 0 Å². The summed E-state index contributed by atoms with van der Waals surface area (Å²) >= 11 is 0. The average molecular weight is 124 g/mol. The van der Waals surface area contributed by atoms with E-state index >= 15 is 0 Å². The second kappa shape index (κ2) is 1.40. The van der Waals surface area contributed by atoms with Crippen molar-refractivity contribution in [3.8, 4) is 0 Å². The molecule has 2 aliphatic rings. The van der Waals surface area contributed by atoms with Crippen LogP contribution in [-0.4, -0.2) is 11.7 Å². The third-order valence-corrected chi connectivity index (χ3v) is 2.40. The molecule has 50 valence electrons. The van der Waals surface area contributed by atoms with Crippen LogP contribution in [0.25, 0.3) is 0 Å². The van der Waals surface area contributed by atoms with Crippen LogP contribution in [0, 0.1) is 0 Å². The van der Waals surface area contributed by atoms with Crippen molar-refractivity contribution in [3.63, 3.8) is 0 Å². The van der Waals surface area contributed by atoms with Gasteiger partial charge in [-0.15, -0.1) is 0 Å². The molecule has 1 saturated heterocycles. The molecule has 0 spiro atoms. The molecule has 0 N–H and O–H groups in total. The molecule has 1 aliphatic carbocycles. The van der Waals surface area contributed by atoms with E-state index in [9.17, 15) is 0 Å². The predicted molar refractivity (Wildman–Crippen MR) is 36.3 cm³/mol. The van der Waals surface area contributed by atoms with E-state index in [0.29, 0.717) is 6.10 Å². The number of hydrogen-bond donors (Lipinski definition) is 0. The first-order valence-corrected chi connectivity index (χ1v) is 3.54. The lowest BCUT2D eigenvalue weighted by molar-refractivity contribution is 0.313. The number of hydrogen-bond acceptors (Lipinski definition) is 1. The number of epoxide rings is 1. The van der Waals surface area contributed by atoms with Crippen LogP contribution in [0.2, 0.25) is 0 Å². The van der Waals surface area contributed by atoms with E-state index in [1.165, 1.54) is 5.57 Å². The van der Waals surface area contributed by atoms with Gasteiger partial charge in [-0.3, -0.25) is 0 Å². The van der Waals surface area contributed by atoms with Gasteiger partial charge in [-0.1, -0.05) is 11.6 Å². The van der Waals surface area contributed by atoms with E-state index in [0.717, 1.165) is 12.8 Å². The lowest BCUT2D eigenvalue weighted by Gasteiger charge is -2.08. The van der Waals surface area contributed by atoms with Gasteiger partial charge in [-0.2, -0.15) is 0 Å². The first-order chi connectivity index (χ1) is 4.21. The Morgan fingerprint density at radius 2 is 2.56 bits per heavy atom. The maximum Gasteiger partial charge on any atom is 0.0958 e. The van der Waals surface area contributed by atoms with Crippen molar-refractivity contribution in [3.05, 3.63) is 11.6 Å². The van der Waals surface area contributed by atoms with Crippen LogP contribution in [0.1, 0.15) is 26.7 Å². The third-order valence-electron chi connectivity index (χ3n) is 2.40. The normalized spacial score (nSPS) is 47.8. The highest BCUT2D eigenvalue weighted by atomic mass is 16.6. The summed E-state index contributed by atoms with van der Waals surface area (Å²) in [5, 5.41) is 0. The summed E-state index contributed by atoms with van der Waals surface area (Å²) in [4.78, 5) is 0. The van der Waals surface area contributed by atoms with Crippen molar-refractivity contribution >= 4 is 0 Å². The van der Waals surface area contributed by atoms with Crippen molar-refractivity contribution in [1.82, 2.24) is 0 Å². The molecule has 0 amide bonds. The maximum atomic E-state index is 5.48. The maximum absolute atomic E-state index is 5.48. The first-order valence-electron chi connectivity index (χ1n) is 3.54. The fourth-order valence-electron chi connectivity index (χ4n) is 1.48. The third kappa shape index (κ3) is 0.715. The Bertz CT molecular complexity index is 171. The molecule has 1 aliphatic heterocycles. The van der Waals surface area contributed by atoms with Gasteiger partial charge in [0.15, 0.2) is 0 Å². The van der Waals surface area contributed by atoms with Gasteiger partial charge in [0.1, 0.15) is 0 Å². The zero-order chi connectivity index (χ0) is 6.48. The SMILES string of the molecule is CC1=CC[C@@]2(C)O[C@H]2C1. The number of ether oxygens (including phenoxy) is 1. The topological polar surface area (TPSA) is 12.5 Å². The molecule has 1 heteroatoms. The molecule has 2 atom stereocenters. The van der Waals surface area contributed by atoms with E-state index in [4.69, 9.17) is 4.74 Å². The molecule has 1 fully saturated rings. The largest absolute Gasteiger partial charge is 0.366 e. The van der Waals surface area contributed by atoms with E-state index in [-0.39, 0.29) is 5.60 Å². The van der Waals surface area contributed by atoms with Gasteiger partial charge in [-0.05, 0) is 26.7 Å². The molecule has 2 rings (SSSR count). The van der Waals surface area contributed by atoms with Crippen molar-refractivity contribution in [2.45, 2.75) is 38.4 Å². The molecule has 0 radical (unpaired) electrons. The Labute approximate surface area is 55.7 Å². The minimum atomic E-state index is 0.250. The monoisotopic (exact) mass is 124 g/mol. The number of rotatable bonds is 0. The fourth-order valence-corrected chi connectivity index (χ4v) is 1.48. The molecule has 0 unspecified atom stereocenters. The fraction of sp³-hybridized carbons (Fsp3) is 0.750. The van der Waals surface area contributed by atoms with Gasteiger partial charge in [0.05, 0.1) is 11.7 Å². The molecule has 0 aromatic rings. The summed E-state index contributed by atoms with van der Waals surface area (Å²) in [7, 11) is 0. The Kier molecular flexibility index (Phi) is 0.854. The average Bonchev–Trinajstić information content (AvgIpc) is 2.41. The van der Waals surface area contributed by atoms with Crippen LogP contribution < -0.4 is 0 Å². The standard InChI is InChI=1S/C8H12O/c1-6-3-4-8(2)7(5-6)9-8/h3,7H,4-5H2,1-2H3/t7-,8+/m0/s1. The van der Waals surface area contributed by atoms with Crippen LogP contribution in [0.15, 0.2) is 11.6 Å². The van der Waals surface area contributed by atoms with Gasteiger partial charge < -0.3 is 4.74 Å². The molecular formula is C8H12O. The molecule has 0 bridgehead atoms. The van der Waals surface area contributed by atoms with Crippen molar-refractivity contribution in [1.29, 1.82) is 0 Å². The smallest absolute Gasteiger partial charge is 0.0958 e. The second-order valence-corrected chi connectivity index (χ2v) is 3.38. The van der Waals surface area contributed by atoms with Gasteiger partial charge in [0.25, 0.3) is 0 Å². The summed E-state index contributed by atoms with van der Waals surface area (Å²) in [6, 6.07) is 0. The highest BCUT2D eigenvalue weighted by molar-refractivity contribution is 5.18. The minimum Gasteiger partial charge on any atom is -0.366 e. The molecule has 0 aromatic carbocycles. The quantitative estimate of drug-likeness (QED) is 0.355. The van der Waals surface area contributed by atoms with Gasteiger partial charge in [0, 0.05) is 0 Å². The Morgan fingerprint density at radius 3 is 3.11 bits per heavy atom. The lowest BCUT2D eigenvalue weighted by Crippen LogP contribution is -2.12. The summed E-state index contributed by atoms with van der Waals surface area (Å²) in [6.45, 7) is 4.38. The predicted octanol–water partition coefficient (Wildman–Crippen LogP) is 1.88. The Balaban J connectivity index is 2.16. The zero-order valence-electron chi connectivity index (χ0n) is 5.98. The summed E-state index contributed by atoms with van der Waals surface area (Å²) in [5.74, 6) is 0. The van der Waals surface area contributed by atoms with Gasteiger partial charge in [0.2, 0.25) is 0 Å². The van der Waals surface area contributed by atoms with Crippen LogP contribution >= 0.6 is 0 Å². The molecule has 9 heavy (non-hydrogen) atoms. The minimum absolute atomic E-state index is 0.250. The lowest BCUT2D eigenvalue weighted by atomic mass is 9.92. The molecule has 0 aromatic heterocycles. The van der Waals surface area contributed by atoms with E-state index in [1.807, 2.05) is 0 Å². The van der Waals surface area contributed by atoms with Gasteiger partial charge >= 0.3 is 0 Å². The first kappa shape index (κ1) is 5.48. The van der Waals surface area contributed by atoms with Crippen molar-refractivity contribution in [2.24, 2.45) is 0 Å². The second-order valence-electron chi connectivity index (χ2n) is 3.38. The molecular weight excluding hydrogens is 112 g/mol. The molecule has 1 nitrogen and oxygen atoms in total. The summed E-state index contributed by atoms with van der Waals surface area (Å²) < 4.78 is 5.48.